The summed E-state index contributed by atoms with van der Waals surface area (Å²) >= 11 is 1.74. The van der Waals surface area contributed by atoms with Crippen molar-refractivity contribution in [3.8, 4) is 0 Å². The minimum atomic E-state index is 0.117. The zero-order valence-corrected chi connectivity index (χ0v) is 8.15. The molecule has 1 N–H and O–H groups in total. The summed E-state index contributed by atoms with van der Waals surface area (Å²) in [5.41, 5.74) is 0. The first-order valence-corrected chi connectivity index (χ1v) is 5.27. The third-order valence-corrected chi connectivity index (χ3v) is 3.27. The zero-order valence-electron chi connectivity index (χ0n) is 7.34. The molecule has 1 saturated heterocycles. The van der Waals surface area contributed by atoms with Crippen LogP contribution < -0.4 is 5.32 Å². The molecule has 0 saturated carbocycles. The number of nitrogens with one attached hydrogen (secondary N) is 1. The number of hydrogen-bond acceptors (Lipinski definition) is 3. The number of rotatable bonds is 3. The van der Waals surface area contributed by atoms with Gasteiger partial charge in [0.1, 0.15) is 0 Å². The second-order valence-corrected chi connectivity index (χ2v) is 4.08. The summed E-state index contributed by atoms with van der Waals surface area (Å²) in [6.07, 6.45) is 2.17. The predicted molar refractivity (Wildman–Crippen MR) is 50.4 cm³/mol. The third-order valence-electron chi connectivity index (χ3n) is 1.90. The molecule has 0 atom stereocenters. The van der Waals surface area contributed by atoms with Crippen molar-refractivity contribution in [2.75, 3.05) is 26.0 Å². The van der Waals surface area contributed by atoms with E-state index in [1.165, 1.54) is 0 Å². The molecular weight excluding hydrogens is 174 g/mol. The molecule has 0 bridgehead atoms. The lowest BCUT2D eigenvalue weighted by atomic mass is 10.2. The van der Waals surface area contributed by atoms with Gasteiger partial charge in [-0.2, -0.15) is 0 Å². The van der Waals surface area contributed by atoms with Crippen LogP contribution >= 0.6 is 11.8 Å². The lowest BCUT2D eigenvalue weighted by Gasteiger charge is -2.20. The quantitative estimate of drug-likeness (QED) is 0.708. The fraction of sp³-hybridized carbons (Fsp3) is 0.875. The molecule has 1 heterocycles. The van der Waals surface area contributed by atoms with Gasteiger partial charge in [0.15, 0.2) is 0 Å². The van der Waals surface area contributed by atoms with Crippen LogP contribution in [0.3, 0.4) is 0 Å². The maximum Gasteiger partial charge on any atom is 0.229 e. The van der Waals surface area contributed by atoms with Gasteiger partial charge in [0.2, 0.25) is 5.91 Å². The molecule has 1 fully saturated rings. The Hall–Kier alpha value is -0.220. The Morgan fingerprint density at radius 1 is 1.58 bits per heavy atom. The Morgan fingerprint density at radius 2 is 2.25 bits per heavy atom. The summed E-state index contributed by atoms with van der Waals surface area (Å²) in [7, 11) is 1.67. The summed E-state index contributed by atoms with van der Waals surface area (Å²) in [6.45, 7) is 1.71. The Morgan fingerprint density at radius 3 is 2.83 bits per heavy atom. The number of carbonyl (C=O) groups is 1. The van der Waals surface area contributed by atoms with E-state index in [1.54, 1.807) is 18.8 Å². The van der Waals surface area contributed by atoms with Crippen molar-refractivity contribution in [3.63, 3.8) is 0 Å². The van der Waals surface area contributed by atoms with E-state index in [1.807, 2.05) is 0 Å². The highest BCUT2D eigenvalue weighted by Crippen LogP contribution is 2.21. The first kappa shape index (κ1) is 9.86. The molecule has 70 valence electrons. The van der Waals surface area contributed by atoms with Crippen molar-refractivity contribution < 1.29 is 9.53 Å². The molecule has 1 amide bonds. The summed E-state index contributed by atoms with van der Waals surface area (Å²) in [5, 5.41) is 3.23. The molecule has 0 radical (unpaired) electrons. The van der Waals surface area contributed by atoms with Crippen LogP contribution in [-0.4, -0.2) is 37.2 Å². The molecular formula is C8H15NO2S. The normalized spacial score (nSPS) is 19.1. The summed E-state index contributed by atoms with van der Waals surface area (Å²) in [4.78, 5) is 10.9. The van der Waals surface area contributed by atoms with Crippen molar-refractivity contribution in [1.82, 2.24) is 5.32 Å². The van der Waals surface area contributed by atoms with E-state index >= 15 is 0 Å². The predicted octanol–water partition coefficient (Wildman–Crippen LogP) is 0.645. The minimum absolute atomic E-state index is 0.117. The van der Waals surface area contributed by atoms with Gasteiger partial charge in [-0.3, -0.25) is 4.79 Å². The molecule has 4 heteroatoms. The topological polar surface area (TPSA) is 38.3 Å². The lowest BCUT2D eigenvalue weighted by molar-refractivity contribution is -0.118. The molecule has 12 heavy (non-hydrogen) atoms. The van der Waals surface area contributed by atoms with Crippen molar-refractivity contribution in [2.45, 2.75) is 18.1 Å². The van der Waals surface area contributed by atoms with E-state index in [9.17, 15) is 4.79 Å². The van der Waals surface area contributed by atoms with E-state index in [4.69, 9.17) is 4.74 Å². The van der Waals surface area contributed by atoms with Crippen LogP contribution in [0.1, 0.15) is 12.8 Å². The fourth-order valence-corrected chi connectivity index (χ4v) is 2.17. The maximum absolute atomic E-state index is 10.9. The molecule has 0 aliphatic carbocycles. The first-order valence-electron chi connectivity index (χ1n) is 4.23. The number of amides is 1. The summed E-state index contributed by atoms with van der Waals surface area (Å²) < 4.78 is 5.22. The van der Waals surface area contributed by atoms with Crippen molar-refractivity contribution in [3.05, 3.63) is 0 Å². The van der Waals surface area contributed by atoms with E-state index in [2.05, 4.69) is 5.32 Å². The number of ether oxygens (including phenoxy) is 1. The van der Waals surface area contributed by atoms with Gasteiger partial charge in [0, 0.05) is 25.5 Å². The third kappa shape index (κ3) is 3.45. The Kier molecular flexibility index (Phi) is 4.46. The largest absolute Gasteiger partial charge is 0.381 e. The number of thioether (sulfide) groups is 1. The Bertz CT molecular complexity index is 146. The van der Waals surface area contributed by atoms with Gasteiger partial charge in [-0.25, -0.2) is 0 Å². The average molecular weight is 189 g/mol. The van der Waals surface area contributed by atoms with Crippen LogP contribution in [0, 0.1) is 0 Å². The van der Waals surface area contributed by atoms with Crippen LogP contribution in [0.2, 0.25) is 0 Å². The van der Waals surface area contributed by atoms with E-state index in [0.717, 1.165) is 26.1 Å². The van der Waals surface area contributed by atoms with Crippen LogP contribution in [0.5, 0.6) is 0 Å². The van der Waals surface area contributed by atoms with Crippen molar-refractivity contribution in [2.24, 2.45) is 0 Å². The molecule has 1 aliphatic heterocycles. The van der Waals surface area contributed by atoms with E-state index < -0.39 is 0 Å². The fourth-order valence-electron chi connectivity index (χ4n) is 1.11. The standard InChI is InChI=1S/C8H15NO2S/c1-9-8(10)6-12-7-2-4-11-5-3-7/h7H,2-6H2,1H3,(H,9,10). The lowest BCUT2D eigenvalue weighted by Crippen LogP contribution is -2.24. The molecule has 1 rings (SSSR count). The van der Waals surface area contributed by atoms with Crippen LogP contribution in [0.25, 0.3) is 0 Å². The highest BCUT2D eigenvalue weighted by molar-refractivity contribution is 8.00. The second-order valence-electron chi connectivity index (χ2n) is 2.80. The first-order chi connectivity index (χ1) is 5.83. The molecule has 0 aromatic rings. The highest BCUT2D eigenvalue weighted by Gasteiger charge is 2.14. The molecule has 0 aromatic carbocycles. The second kappa shape index (κ2) is 5.43. The van der Waals surface area contributed by atoms with E-state index in [0.29, 0.717) is 11.0 Å². The monoisotopic (exact) mass is 189 g/mol. The average Bonchev–Trinajstić information content (AvgIpc) is 2.16. The van der Waals surface area contributed by atoms with Gasteiger partial charge in [0.05, 0.1) is 5.75 Å². The molecule has 3 nitrogen and oxygen atoms in total. The Labute approximate surface area is 77.2 Å². The smallest absolute Gasteiger partial charge is 0.229 e. The van der Waals surface area contributed by atoms with Gasteiger partial charge in [0.25, 0.3) is 0 Å². The SMILES string of the molecule is CNC(=O)CSC1CCOCC1. The number of hydrogen-bond donors (Lipinski definition) is 1. The highest BCUT2D eigenvalue weighted by atomic mass is 32.2. The number of carbonyl (C=O) groups excluding carboxylic acids is 1. The summed E-state index contributed by atoms with van der Waals surface area (Å²) in [6, 6.07) is 0. The molecule has 0 spiro atoms. The van der Waals surface area contributed by atoms with Crippen molar-refractivity contribution >= 4 is 17.7 Å². The van der Waals surface area contributed by atoms with Crippen LogP contribution in [0.15, 0.2) is 0 Å². The molecule has 0 aromatic heterocycles. The minimum Gasteiger partial charge on any atom is -0.381 e. The maximum atomic E-state index is 10.9. The van der Waals surface area contributed by atoms with Crippen LogP contribution in [-0.2, 0) is 9.53 Å². The zero-order chi connectivity index (χ0) is 8.81. The van der Waals surface area contributed by atoms with Gasteiger partial charge >= 0.3 is 0 Å². The van der Waals surface area contributed by atoms with Gasteiger partial charge in [-0.1, -0.05) is 0 Å². The summed E-state index contributed by atoms with van der Waals surface area (Å²) in [5.74, 6) is 0.702. The van der Waals surface area contributed by atoms with Gasteiger partial charge in [-0.05, 0) is 12.8 Å². The molecule has 0 unspecified atom stereocenters. The van der Waals surface area contributed by atoms with Gasteiger partial charge < -0.3 is 10.1 Å². The van der Waals surface area contributed by atoms with E-state index in [-0.39, 0.29) is 5.91 Å². The van der Waals surface area contributed by atoms with Crippen molar-refractivity contribution in [1.29, 1.82) is 0 Å². The molecule has 1 aliphatic rings. The van der Waals surface area contributed by atoms with Crippen LogP contribution in [0.4, 0.5) is 0 Å². The Balaban J connectivity index is 2.09. The van der Waals surface area contributed by atoms with Gasteiger partial charge in [-0.15, -0.1) is 11.8 Å².